The molecule has 0 spiro atoms. The first-order valence-electron chi connectivity index (χ1n) is 5.00. The summed E-state index contributed by atoms with van der Waals surface area (Å²) in [6.45, 7) is 4.97. The van der Waals surface area contributed by atoms with Crippen molar-refractivity contribution >= 4 is 5.97 Å². The SMILES string of the molecule is CCN1CCC(c2nc(C(=O)O)no2)C1. The number of likely N-dealkylation sites (tertiary alicyclic amines) is 1. The molecule has 15 heavy (non-hydrogen) atoms. The highest BCUT2D eigenvalue weighted by atomic mass is 16.5. The molecule has 0 amide bonds. The summed E-state index contributed by atoms with van der Waals surface area (Å²) in [6, 6.07) is 0. The summed E-state index contributed by atoms with van der Waals surface area (Å²) >= 11 is 0. The van der Waals surface area contributed by atoms with Crippen molar-refractivity contribution in [1.82, 2.24) is 15.0 Å². The highest BCUT2D eigenvalue weighted by molar-refractivity contribution is 5.82. The smallest absolute Gasteiger partial charge is 0.377 e. The molecule has 1 saturated heterocycles. The van der Waals surface area contributed by atoms with Gasteiger partial charge in [0.05, 0.1) is 5.92 Å². The molecule has 0 aliphatic carbocycles. The lowest BCUT2D eigenvalue weighted by atomic mass is 10.1. The summed E-state index contributed by atoms with van der Waals surface area (Å²) in [6.07, 6.45) is 0.953. The minimum absolute atomic E-state index is 0.186. The number of aromatic carboxylic acids is 1. The van der Waals surface area contributed by atoms with Crippen molar-refractivity contribution < 1.29 is 14.4 Å². The largest absolute Gasteiger partial charge is 0.475 e. The van der Waals surface area contributed by atoms with E-state index in [0.717, 1.165) is 26.1 Å². The second-order valence-corrected chi connectivity index (χ2v) is 3.64. The summed E-state index contributed by atoms with van der Waals surface area (Å²) in [5.41, 5.74) is 0. The highest BCUT2D eigenvalue weighted by Crippen LogP contribution is 2.25. The number of nitrogens with zero attached hydrogens (tertiary/aromatic N) is 3. The van der Waals surface area contributed by atoms with Crippen LogP contribution < -0.4 is 0 Å². The van der Waals surface area contributed by atoms with Crippen molar-refractivity contribution in [3.63, 3.8) is 0 Å². The van der Waals surface area contributed by atoms with Crippen LogP contribution in [0.2, 0.25) is 0 Å². The normalized spacial score (nSPS) is 22.1. The molecule has 1 N–H and O–H groups in total. The van der Waals surface area contributed by atoms with Crippen LogP contribution in [0.4, 0.5) is 0 Å². The maximum Gasteiger partial charge on any atom is 0.377 e. The maximum atomic E-state index is 10.6. The number of hydrogen-bond acceptors (Lipinski definition) is 5. The summed E-state index contributed by atoms with van der Waals surface area (Å²) in [5.74, 6) is -0.760. The fraction of sp³-hybridized carbons (Fsp3) is 0.667. The molecule has 1 unspecified atom stereocenters. The number of rotatable bonds is 3. The Morgan fingerprint density at radius 2 is 2.53 bits per heavy atom. The van der Waals surface area contributed by atoms with Crippen LogP contribution in [0.15, 0.2) is 4.52 Å². The van der Waals surface area contributed by atoms with Crippen molar-refractivity contribution in [1.29, 1.82) is 0 Å². The number of carbonyl (C=O) groups is 1. The average Bonchev–Trinajstić information content (AvgIpc) is 2.86. The van der Waals surface area contributed by atoms with Gasteiger partial charge in [-0.2, -0.15) is 4.98 Å². The fourth-order valence-electron chi connectivity index (χ4n) is 1.81. The third kappa shape index (κ3) is 1.99. The molecule has 2 rings (SSSR count). The van der Waals surface area contributed by atoms with Crippen LogP contribution in [0.3, 0.4) is 0 Å². The minimum Gasteiger partial charge on any atom is -0.475 e. The van der Waals surface area contributed by atoms with Gasteiger partial charge in [-0.3, -0.25) is 0 Å². The number of carboxylic acids is 1. The lowest BCUT2D eigenvalue weighted by Crippen LogP contribution is -2.19. The Hall–Kier alpha value is -1.43. The molecule has 82 valence electrons. The lowest BCUT2D eigenvalue weighted by molar-refractivity contribution is 0.0680. The van der Waals surface area contributed by atoms with E-state index in [1.165, 1.54) is 0 Å². The molecule has 0 bridgehead atoms. The van der Waals surface area contributed by atoms with Crippen molar-refractivity contribution in [2.75, 3.05) is 19.6 Å². The van der Waals surface area contributed by atoms with Crippen LogP contribution in [-0.2, 0) is 0 Å². The van der Waals surface area contributed by atoms with Crippen LogP contribution >= 0.6 is 0 Å². The molecule has 0 saturated carbocycles. The van der Waals surface area contributed by atoms with E-state index in [4.69, 9.17) is 9.63 Å². The van der Waals surface area contributed by atoms with Crippen LogP contribution in [0.5, 0.6) is 0 Å². The standard InChI is InChI=1S/C9H13N3O3/c1-2-12-4-3-6(5-12)8-10-7(9(13)14)11-15-8/h6H,2-5H2,1H3,(H,13,14). The minimum atomic E-state index is -1.14. The predicted molar refractivity (Wildman–Crippen MR) is 50.7 cm³/mol. The molecule has 1 fully saturated rings. The van der Waals surface area contributed by atoms with Gasteiger partial charge in [0.25, 0.3) is 5.82 Å². The molecular weight excluding hydrogens is 198 g/mol. The van der Waals surface area contributed by atoms with Crippen molar-refractivity contribution in [2.45, 2.75) is 19.3 Å². The molecule has 1 atom stereocenters. The van der Waals surface area contributed by atoms with Gasteiger partial charge in [0.15, 0.2) is 0 Å². The summed E-state index contributed by atoms with van der Waals surface area (Å²) in [5, 5.41) is 12.1. The van der Waals surface area contributed by atoms with E-state index in [2.05, 4.69) is 22.0 Å². The second kappa shape index (κ2) is 3.98. The quantitative estimate of drug-likeness (QED) is 0.787. The number of hydrogen-bond donors (Lipinski definition) is 1. The maximum absolute atomic E-state index is 10.6. The first-order valence-corrected chi connectivity index (χ1v) is 5.00. The van der Waals surface area contributed by atoms with Gasteiger partial charge in [0.1, 0.15) is 0 Å². The monoisotopic (exact) mass is 211 g/mol. The van der Waals surface area contributed by atoms with Crippen LogP contribution in [0, 0.1) is 0 Å². The van der Waals surface area contributed by atoms with E-state index in [0.29, 0.717) is 5.89 Å². The number of aromatic nitrogens is 2. The van der Waals surface area contributed by atoms with E-state index in [9.17, 15) is 4.79 Å². The number of carboxylic acid groups (broad SMARTS) is 1. The van der Waals surface area contributed by atoms with E-state index >= 15 is 0 Å². The molecule has 0 radical (unpaired) electrons. The Morgan fingerprint density at radius 3 is 3.07 bits per heavy atom. The Labute approximate surface area is 86.9 Å². The van der Waals surface area contributed by atoms with Gasteiger partial charge in [0, 0.05) is 6.54 Å². The van der Waals surface area contributed by atoms with Gasteiger partial charge in [-0.25, -0.2) is 4.79 Å². The second-order valence-electron chi connectivity index (χ2n) is 3.64. The zero-order valence-corrected chi connectivity index (χ0v) is 8.51. The molecule has 6 nitrogen and oxygen atoms in total. The topological polar surface area (TPSA) is 79.5 Å². The van der Waals surface area contributed by atoms with E-state index in [1.807, 2.05) is 0 Å². The molecule has 2 heterocycles. The van der Waals surface area contributed by atoms with Gasteiger partial charge in [-0.05, 0) is 24.7 Å². The molecular formula is C9H13N3O3. The zero-order chi connectivity index (χ0) is 10.8. The van der Waals surface area contributed by atoms with Crippen LogP contribution in [0.1, 0.15) is 35.8 Å². The third-order valence-corrected chi connectivity index (χ3v) is 2.70. The van der Waals surface area contributed by atoms with Gasteiger partial charge in [-0.15, -0.1) is 0 Å². The van der Waals surface area contributed by atoms with Gasteiger partial charge in [-0.1, -0.05) is 6.92 Å². The molecule has 1 aromatic rings. The van der Waals surface area contributed by atoms with Gasteiger partial charge >= 0.3 is 5.97 Å². The Balaban J connectivity index is 2.07. The summed E-state index contributed by atoms with van der Waals surface area (Å²) in [7, 11) is 0. The average molecular weight is 211 g/mol. The Bertz CT molecular complexity index is 363. The lowest BCUT2D eigenvalue weighted by Gasteiger charge is -2.10. The van der Waals surface area contributed by atoms with Crippen LogP contribution in [0.25, 0.3) is 0 Å². The summed E-state index contributed by atoms with van der Waals surface area (Å²) < 4.78 is 4.93. The van der Waals surface area contributed by atoms with Crippen molar-refractivity contribution in [3.05, 3.63) is 11.7 Å². The van der Waals surface area contributed by atoms with Crippen LogP contribution in [-0.4, -0.2) is 45.8 Å². The van der Waals surface area contributed by atoms with Crippen molar-refractivity contribution in [2.24, 2.45) is 0 Å². The summed E-state index contributed by atoms with van der Waals surface area (Å²) in [4.78, 5) is 16.7. The first-order chi connectivity index (χ1) is 7.20. The molecule has 1 aliphatic heterocycles. The van der Waals surface area contributed by atoms with Gasteiger partial charge in [0.2, 0.25) is 5.89 Å². The third-order valence-electron chi connectivity index (χ3n) is 2.70. The van der Waals surface area contributed by atoms with Crippen molar-refractivity contribution in [3.8, 4) is 0 Å². The highest BCUT2D eigenvalue weighted by Gasteiger charge is 2.28. The molecule has 0 aromatic carbocycles. The fourth-order valence-corrected chi connectivity index (χ4v) is 1.81. The van der Waals surface area contributed by atoms with E-state index in [-0.39, 0.29) is 11.7 Å². The predicted octanol–water partition coefficient (Wildman–Crippen LogP) is 0.577. The Morgan fingerprint density at radius 1 is 1.73 bits per heavy atom. The van der Waals surface area contributed by atoms with E-state index < -0.39 is 5.97 Å². The zero-order valence-electron chi connectivity index (χ0n) is 8.51. The molecule has 1 aromatic heterocycles. The molecule has 6 heteroatoms. The van der Waals surface area contributed by atoms with Gasteiger partial charge < -0.3 is 14.5 Å². The molecule has 1 aliphatic rings. The Kier molecular flexibility index (Phi) is 2.68. The van der Waals surface area contributed by atoms with E-state index in [1.54, 1.807) is 0 Å². The first kappa shape index (κ1) is 10.1. The number of likely N-dealkylation sites (N-methyl/N-ethyl adjacent to an activating group) is 1.